The Morgan fingerprint density at radius 2 is 1.64 bits per heavy atom. The molecule has 0 aliphatic heterocycles. The molecule has 3 N–H and O–H groups in total. The maximum absolute atomic E-state index is 9.81. The quantitative estimate of drug-likeness (QED) is 0.655. The van der Waals surface area contributed by atoms with Crippen LogP contribution in [-0.2, 0) is 6.42 Å². The number of aromatic hydroxyl groups is 1. The van der Waals surface area contributed by atoms with Gasteiger partial charge in [-0.15, -0.1) is 0 Å². The molecular formula is C17H21NO4. The molecule has 0 aromatic heterocycles. The van der Waals surface area contributed by atoms with Crippen molar-refractivity contribution in [2.45, 2.75) is 13.3 Å². The van der Waals surface area contributed by atoms with Crippen LogP contribution in [0.15, 0.2) is 24.3 Å². The van der Waals surface area contributed by atoms with Crippen molar-refractivity contribution in [1.29, 1.82) is 0 Å². The molecule has 0 heterocycles. The molecule has 0 unspecified atom stereocenters. The van der Waals surface area contributed by atoms with Gasteiger partial charge < -0.3 is 25.1 Å². The minimum absolute atomic E-state index is 0.0834. The molecule has 118 valence electrons. The lowest BCUT2D eigenvalue weighted by atomic mass is 9.95. The minimum Gasteiger partial charge on any atom is -0.506 e. The van der Waals surface area contributed by atoms with E-state index in [2.05, 4.69) is 0 Å². The molecule has 0 fully saturated rings. The average Bonchev–Trinajstić information content (AvgIpc) is 2.55. The SMILES string of the molecule is CCc1cc(O)c(N)cc1-c1ccc(OC)c(OC)c1OC. The number of methoxy groups -OCH3 is 3. The van der Waals surface area contributed by atoms with Crippen molar-refractivity contribution in [3.63, 3.8) is 0 Å². The Morgan fingerprint density at radius 1 is 0.955 bits per heavy atom. The molecule has 22 heavy (non-hydrogen) atoms. The number of phenolic OH excluding ortho intramolecular Hbond substituents is 1. The molecule has 2 aromatic rings. The van der Waals surface area contributed by atoms with E-state index in [-0.39, 0.29) is 5.75 Å². The van der Waals surface area contributed by atoms with E-state index in [1.807, 2.05) is 19.1 Å². The van der Waals surface area contributed by atoms with E-state index >= 15 is 0 Å². The summed E-state index contributed by atoms with van der Waals surface area (Å²) in [4.78, 5) is 0. The number of hydrogen-bond donors (Lipinski definition) is 2. The zero-order valence-corrected chi connectivity index (χ0v) is 13.3. The summed E-state index contributed by atoms with van der Waals surface area (Å²) in [6.45, 7) is 2.02. The van der Waals surface area contributed by atoms with Gasteiger partial charge in [0, 0.05) is 5.56 Å². The van der Waals surface area contributed by atoms with Crippen LogP contribution in [0.3, 0.4) is 0 Å². The van der Waals surface area contributed by atoms with Gasteiger partial charge in [-0.2, -0.15) is 0 Å². The Balaban J connectivity index is 2.75. The summed E-state index contributed by atoms with van der Waals surface area (Å²) >= 11 is 0. The van der Waals surface area contributed by atoms with E-state index in [1.54, 1.807) is 33.5 Å². The lowest BCUT2D eigenvalue weighted by Gasteiger charge is -2.18. The van der Waals surface area contributed by atoms with Gasteiger partial charge in [0.1, 0.15) is 5.75 Å². The summed E-state index contributed by atoms with van der Waals surface area (Å²) in [5, 5.41) is 9.81. The van der Waals surface area contributed by atoms with Gasteiger partial charge >= 0.3 is 0 Å². The number of hydrogen-bond acceptors (Lipinski definition) is 5. The Hall–Kier alpha value is -2.56. The molecule has 0 aliphatic carbocycles. The van der Waals surface area contributed by atoms with Crippen molar-refractivity contribution in [2.24, 2.45) is 0 Å². The van der Waals surface area contributed by atoms with Crippen molar-refractivity contribution >= 4 is 5.69 Å². The maximum atomic E-state index is 9.81. The summed E-state index contributed by atoms with van der Waals surface area (Å²) in [5.41, 5.74) is 8.88. The van der Waals surface area contributed by atoms with E-state index in [0.717, 1.165) is 23.1 Å². The first-order valence-corrected chi connectivity index (χ1v) is 6.98. The minimum atomic E-state index is 0.0834. The summed E-state index contributed by atoms with van der Waals surface area (Å²) in [7, 11) is 4.72. The Morgan fingerprint density at radius 3 is 2.18 bits per heavy atom. The van der Waals surface area contributed by atoms with Crippen molar-refractivity contribution in [3.8, 4) is 34.1 Å². The number of aryl methyl sites for hydroxylation is 1. The molecule has 0 saturated carbocycles. The zero-order valence-electron chi connectivity index (χ0n) is 13.3. The highest BCUT2D eigenvalue weighted by molar-refractivity contribution is 5.81. The second-order valence-corrected chi connectivity index (χ2v) is 4.80. The standard InChI is InChI=1S/C17H21NO4/c1-5-10-8-14(19)13(18)9-12(10)11-6-7-15(20-2)17(22-4)16(11)21-3/h6-9,19H,5,18H2,1-4H3. The predicted molar refractivity (Wildman–Crippen MR) is 87.0 cm³/mol. The first-order valence-electron chi connectivity index (χ1n) is 6.98. The summed E-state index contributed by atoms with van der Waals surface area (Å²) in [5.74, 6) is 1.77. The fraction of sp³-hybridized carbons (Fsp3) is 0.294. The van der Waals surface area contributed by atoms with E-state index in [9.17, 15) is 5.11 Å². The molecule has 0 saturated heterocycles. The lowest BCUT2D eigenvalue weighted by molar-refractivity contribution is 0.325. The number of ether oxygens (including phenoxy) is 3. The zero-order chi connectivity index (χ0) is 16.3. The van der Waals surface area contributed by atoms with Gasteiger partial charge in [-0.1, -0.05) is 6.92 Å². The third-order valence-electron chi connectivity index (χ3n) is 3.63. The van der Waals surface area contributed by atoms with Crippen molar-refractivity contribution < 1.29 is 19.3 Å². The van der Waals surface area contributed by atoms with Crippen molar-refractivity contribution in [2.75, 3.05) is 27.1 Å². The molecule has 0 atom stereocenters. The molecule has 0 bridgehead atoms. The third-order valence-corrected chi connectivity index (χ3v) is 3.63. The molecular weight excluding hydrogens is 282 g/mol. The Kier molecular flexibility index (Phi) is 4.65. The van der Waals surface area contributed by atoms with Crippen LogP contribution in [0, 0.1) is 0 Å². The fourth-order valence-corrected chi connectivity index (χ4v) is 2.50. The van der Waals surface area contributed by atoms with Crippen LogP contribution in [0.1, 0.15) is 12.5 Å². The highest BCUT2D eigenvalue weighted by atomic mass is 16.5. The van der Waals surface area contributed by atoms with Gasteiger partial charge in [0.15, 0.2) is 11.5 Å². The Bertz CT molecular complexity index is 683. The largest absolute Gasteiger partial charge is 0.506 e. The van der Waals surface area contributed by atoms with E-state index < -0.39 is 0 Å². The maximum Gasteiger partial charge on any atom is 0.203 e. The highest BCUT2D eigenvalue weighted by Gasteiger charge is 2.19. The van der Waals surface area contributed by atoms with Crippen LogP contribution < -0.4 is 19.9 Å². The lowest BCUT2D eigenvalue weighted by Crippen LogP contribution is -1.99. The third kappa shape index (κ3) is 2.62. The second-order valence-electron chi connectivity index (χ2n) is 4.80. The highest BCUT2D eigenvalue weighted by Crippen LogP contribution is 2.46. The van der Waals surface area contributed by atoms with Crippen molar-refractivity contribution in [3.05, 3.63) is 29.8 Å². The van der Waals surface area contributed by atoms with Gasteiger partial charge in [0.25, 0.3) is 0 Å². The molecule has 5 nitrogen and oxygen atoms in total. The number of nitrogen functional groups attached to an aromatic ring is 1. The van der Waals surface area contributed by atoms with Crippen molar-refractivity contribution in [1.82, 2.24) is 0 Å². The molecule has 0 radical (unpaired) electrons. The second kappa shape index (κ2) is 6.47. The number of rotatable bonds is 5. The first kappa shape index (κ1) is 15.8. The molecule has 2 rings (SSSR count). The van der Waals surface area contributed by atoms with Gasteiger partial charge in [0.2, 0.25) is 5.75 Å². The van der Waals surface area contributed by atoms with Crippen LogP contribution >= 0.6 is 0 Å². The number of nitrogens with two attached hydrogens (primary N) is 1. The van der Waals surface area contributed by atoms with Gasteiger partial charge in [-0.3, -0.25) is 0 Å². The van der Waals surface area contributed by atoms with Crippen LogP contribution in [0.4, 0.5) is 5.69 Å². The molecule has 0 spiro atoms. The van der Waals surface area contributed by atoms with Crippen LogP contribution in [0.25, 0.3) is 11.1 Å². The summed E-state index contributed by atoms with van der Waals surface area (Å²) < 4.78 is 16.2. The number of phenols is 1. The first-order chi connectivity index (χ1) is 10.6. The fourth-order valence-electron chi connectivity index (χ4n) is 2.50. The van der Waals surface area contributed by atoms with E-state index in [0.29, 0.717) is 22.9 Å². The van der Waals surface area contributed by atoms with E-state index in [1.165, 1.54) is 0 Å². The molecule has 5 heteroatoms. The van der Waals surface area contributed by atoms with Gasteiger partial charge in [-0.25, -0.2) is 0 Å². The monoisotopic (exact) mass is 303 g/mol. The molecule has 2 aromatic carbocycles. The summed E-state index contributed by atoms with van der Waals surface area (Å²) in [6.07, 6.45) is 0.751. The predicted octanol–water partition coefficient (Wildman–Crippen LogP) is 3.23. The van der Waals surface area contributed by atoms with Crippen LogP contribution in [0.5, 0.6) is 23.0 Å². The van der Waals surface area contributed by atoms with Crippen LogP contribution in [0.2, 0.25) is 0 Å². The number of benzene rings is 2. The van der Waals surface area contributed by atoms with Gasteiger partial charge in [0.05, 0.1) is 27.0 Å². The molecule has 0 amide bonds. The van der Waals surface area contributed by atoms with E-state index in [4.69, 9.17) is 19.9 Å². The average molecular weight is 303 g/mol. The normalized spacial score (nSPS) is 10.4. The Labute approximate surface area is 130 Å². The van der Waals surface area contributed by atoms with Gasteiger partial charge in [-0.05, 0) is 41.8 Å². The molecule has 0 aliphatic rings. The topological polar surface area (TPSA) is 73.9 Å². The summed E-state index contributed by atoms with van der Waals surface area (Å²) in [6, 6.07) is 7.14. The smallest absolute Gasteiger partial charge is 0.203 e. The number of anilines is 1. The van der Waals surface area contributed by atoms with Crippen LogP contribution in [-0.4, -0.2) is 26.4 Å².